The molecule has 0 unspecified atom stereocenters. The van der Waals surface area contributed by atoms with Gasteiger partial charge in [0.05, 0.1) is 14.9 Å². The smallest absolute Gasteiger partial charge is 0.173 e. The van der Waals surface area contributed by atoms with Gasteiger partial charge in [-0.15, -0.1) is 11.3 Å². The molecule has 0 aliphatic heterocycles. The first-order valence-corrected chi connectivity index (χ1v) is 7.38. The summed E-state index contributed by atoms with van der Waals surface area (Å²) in [5.74, 6) is -0.235. The SMILES string of the molecule is CC(=O)[C@@H](C)CC(=O)c1cc2cc(Cl)c(Cl)cc2s1. The lowest BCUT2D eigenvalue weighted by atomic mass is 10.0. The molecule has 0 aliphatic carbocycles. The van der Waals surface area contributed by atoms with Crippen molar-refractivity contribution < 1.29 is 9.59 Å². The number of Topliss-reactive ketones (excluding diaryl/α,β-unsaturated/α-hetero) is 2. The van der Waals surface area contributed by atoms with E-state index in [0.717, 1.165) is 10.1 Å². The second-order valence-corrected chi connectivity index (χ2v) is 6.45. The van der Waals surface area contributed by atoms with E-state index in [2.05, 4.69) is 0 Å². The molecule has 1 aromatic heterocycles. The number of halogens is 2. The van der Waals surface area contributed by atoms with Gasteiger partial charge in [-0.25, -0.2) is 0 Å². The van der Waals surface area contributed by atoms with Gasteiger partial charge in [0.15, 0.2) is 5.78 Å². The summed E-state index contributed by atoms with van der Waals surface area (Å²) in [4.78, 5) is 23.9. The molecule has 1 heterocycles. The van der Waals surface area contributed by atoms with Crippen LogP contribution in [0.5, 0.6) is 0 Å². The Morgan fingerprint density at radius 1 is 1.21 bits per heavy atom. The summed E-state index contributed by atoms with van der Waals surface area (Å²) >= 11 is 13.3. The Kier molecular flexibility index (Phi) is 4.29. The predicted molar refractivity (Wildman–Crippen MR) is 80.6 cm³/mol. The molecule has 0 saturated carbocycles. The van der Waals surface area contributed by atoms with Gasteiger partial charge in [0.1, 0.15) is 5.78 Å². The fraction of sp³-hybridized carbons (Fsp3) is 0.286. The molecule has 0 fully saturated rings. The van der Waals surface area contributed by atoms with Crippen LogP contribution in [-0.2, 0) is 4.79 Å². The van der Waals surface area contributed by atoms with Crippen LogP contribution in [0.1, 0.15) is 29.9 Å². The molecule has 1 atom stereocenters. The molecule has 2 nitrogen and oxygen atoms in total. The number of ketones is 2. The lowest BCUT2D eigenvalue weighted by Gasteiger charge is -2.04. The summed E-state index contributed by atoms with van der Waals surface area (Å²) in [7, 11) is 0. The van der Waals surface area contributed by atoms with Crippen LogP contribution < -0.4 is 0 Å². The molecule has 100 valence electrons. The van der Waals surface area contributed by atoms with Crippen LogP contribution >= 0.6 is 34.5 Å². The van der Waals surface area contributed by atoms with Gasteiger partial charge < -0.3 is 0 Å². The zero-order chi connectivity index (χ0) is 14.2. The molecule has 5 heteroatoms. The van der Waals surface area contributed by atoms with Crippen molar-refractivity contribution in [3.8, 4) is 0 Å². The molecule has 1 aromatic carbocycles. The van der Waals surface area contributed by atoms with E-state index in [4.69, 9.17) is 23.2 Å². The molecule has 2 aromatic rings. The van der Waals surface area contributed by atoms with Crippen LogP contribution in [0.2, 0.25) is 10.0 Å². The minimum Gasteiger partial charge on any atom is -0.300 e. The van der Waals surface area contributed by atoms with E-state index in [1.165, 1.54) is 18.3 Å². The normalized spacial score (nSPS) is 12.6. The van der Waals surface area contributed by atoms with Gasteiger partial charge in [-0.2, -0.15) is 0 Å². The van der Waals surface area contributed by atoms with Crippen molar-refractivity contribution >= 4 is 56.2 Å². The number of carbonyl (C=O) groups is 2. The fourth-order valence-corrected chi connectivity index (χ4v) is 3.13. The fourth-order valence-electron chi connectivity index (χ4n) is 1.69. The average molecular weight is 315 g/mol. The highest BCUT2D eigenvalue weighted by Gasteiger charge is 2.17. The van der Waals surface area contributed by atoms with E-state index in [9.17, 15) is 9.59 Å². The van der Waals surface area contributed by atoms with Crippen molar-refractivity contribution in [1.82, 2.24) is 0 Å². The number of hydrogen-bond donors (Lipinski definition) is 0. The first-order chi connectivity index (χ1) is 8.88. The third-order valence-electron chi connectivity index (χ3n) is 3.02. The standard InChI is InChI=1S/C14H12Cl2O2S/c1-7(8(2)17)3-12(18)14-5-9-4-10(15)11(16)6-13(9)19-14/h4-7H,3H2,1-2H3/t7-/m0/s1. The Labute approximate surface area is 125 Å². The molecular weight excluding hydrogens is 303 g/mol. The first kappa shape index (κ1) is 14.5. The summed E-state index contributed by atoms with van der Waals surface area (Å²) in [5.41, 5.74) is 0. The molecule has 0 spiro atoms. The Bertz CT molecular complexity index is 622. The molecule has 0 saturated heterocycles. The summed E-state index contributed by atoms with van der Waals surface area (Å²) in [5, 5.41) is 1.86. The Balaban J connectivity index is 2.31. The summed E-state index contributed by atoms with van der Waals surface area (Å²) < 4.78 is 0.924. The number of benzene rings is 1. The highest BCUT2D eigenvalue weighted by molar-refractivity contribution is 7.20. The molecular formula is C14H12Cl2O2S. The summed E-state index contributed by atoms with van der Waals surface area (Å²) in [6.07, 6.45) is 0.240. The van der Waals surface area contributed by atoms with Crippen LogP contribution in [-0.4, -0.2) is 11.6 Å². The Hall–Kier alpha value is -0.900. The van der Waals surface area contributed by atoms with Crippen molar-refractivity contribution in [1.29, 1.82) is 0 Å². The number of carbonyl (C=O) groups excluding carboxylic acids is 2. The second-order valence-electron chi connectivity index (χ2n) is 4.55. The quantitative estimate of drug-likeness (QED) is 0.744. The molecule has 0 aliphatic rings. The largest absolute Gasteiger partial charge is 0.300 e. The lowest BCUT2D eigenvalue weighted by Crippen LogP contribution is -2.11. The number of hydrogen-bond acceptors (Lipinski definition) is 3. The summed E-state index contributed by atoms with van der Waals surface area (Å²) in [6, 6.07) is 5.31. The first-order valence-electron chi connectivity index (χ1n) is 5.80. The van der Waals surface area contributed by atoms with Crippen LogP contribution in [0.25, 0.3) is 10.1 Å². The van der Waals surface area contributed by atoms with E-state index in [-0.39, 0.29) is 23.9 Å². The number of fused-ring (bicyclic) bond motifs is 1. The van der Waals surface area contributed by atoms with Crippen molar-refractivity contribution in [2.24, 2.45) is 5.92 Å². The maximum Gasteiger partial charge on any atom is 0.173 e. The van der Waals surface area contributed by atoms with Gasteiger partial charge in [0.25, 0.3) is 0 Å². The maximum absolute atomic E-state index is 12.1. The topological polar surface area (TPSA) is 34.1 Å². The van der Waals surface area contributed by atoms with E-state index < -0.39 is 0 Å². The highest BCUT2D eigenvalue weighted by atomic mass is 35.5. The van der Waals surface area contributed by atoms with Crippen molar-refractivity contribution in [3.05, 3.63) is 33.1 Å². The van der Waals surface area contributed by atoms with Crippen molar-refractivity contribution in [2.45, 2.75) is 20.3 Å². The molecule has 0 N–H and O–H groups in total. The zero-order valence-electron chi connectivity index (χ0n) is 10.5. The van der Waals surface area contributed by atoms with E-state index in [1.54, 1.807) is 25.1 Å². The minimum atomic E-state index is -0.245. The van der Waals surface area contributed by atoms with Crippen molar-refractivity contribution in [2.75, 3.05) is 0 Å². The van der Waals surface area contributed by atoms with E-state index in [1.807, 2.05) is 0 Å². The lowest BCUT2D eigenvalue weighted by molar-refractivity contribution is -0.120. The van der Waals surface area contributed by atoms with Gasteiger partial charge in [-0.05, 0) is 30.5 Å². The van der Waals surface area contributed by atoms with Gasteiger partial charge in [0, 0.05) is 17.0 Å². The zero-order valence-corrected chi connectivity index (χ0v) is 12.8. The molecule has 0 amide bonds. The third kappa shape index (κ3) is 3.16. The molecule has 2 rings (SSSR count). The molecule has 0 bridgehead atoms. The Morgan fingerprint density at radius 2 is 1.84 bits per heavy atom. The van der Waals surface area contributed by atoms with Crippen LogP contribution in [0.3, 0.4) is 0 Å². The third-order valence-corrected chi connectivity index (χ3v) is 4.88. The minimum absolute atomic E-state index is 0.0175. The van der Waals surface area contributed by atoms with E-state index >= 15 is 0 Å². The highest BCUT2D eigenvalue weighted by Crippen LogP contribution is 2.33. The summed E-state index contributed by atoms with van der Waals surface area (Å²) in [6.45, 7) is 3.27. The monoisotopic (exact) mass is 314 g/mol. The number of thiophene rings is 1. The van der Waals surface area contributed by atoms with Gasteiger partial charge in [0.2, 0.25) is 0 Å². The molecule has 19 heavy (non-hydrogen) atoms. The average Bonchev–Trinajstić information content (AvgIpc) is 2.72. The van der Waals surface area contributed by atoms with E-state index in [0.29, 0.717) is 14.9 Å². The van der Waals surface area contributed by atoms with Gasteiger partial charge in [-0.3, -0.25) is 9.59 Å². The van der Waals surface area contributed by atoms with Crippen LogP contribution in [0.15, 0.2) is 18.2 Å². The second kappa shape index (κ2) is 5.61. The number of rotatable bonds is 4. The van der Waals surface area contributed by atoms with Crippen LogP contribution in [0.4, 0.5) is 0 Å². The van der Waals surface area contributed by atoms with Crippen molar-refractivity contribution in [3.63, 3.8) is 0 Å². The van der Waals surface area contributed by atoms with Gasteiger partial charge in [-0.1, -0.05) is 30.1 Å². The van der Waals surface area contributed by atoms with Gasteiger partial charge >= 0.3 is 0 Å². The predicted octanol–water partition coefficient (Wildman–Crippen LogP) is 5.01. The Morgan fingerprint density at radius 3 is 2.47 bits per heavy atom. The molecule has 0 radical (unpaired) electrons. The maximum atomic E-state index is 12.1. The van der Waals surface area contributed by atoms with Crippen LogP contribution in [0, 0.1) is 5.92 Å².